The van der Waals surface area contributed by atoms with Crippen molar-refractivity contribution < 1.29 is 9.53 Å². The SMILES string of the molecule is CCCCOC(=O)c1cc2ccccc2c2c3cccc(C)c3n(C)c12. The van der Waals surface area contributed by atoms with Crippen LogP contribution >= 0.6 is 0 Å². The molecule has 0 aliphatic heterocycles. The molecule has 0 bridgehead atoms. The molecule has 0 amide bonds. The van der Waals surface area contributed by atoms with E-state index in [2.05, 4.69) is 54.8 Å². The molecule has 3 aromatic carbocycles. The summed E-state index contributed by atoms with van der Waals surface area (Å²) in [6.07, 6.45) is 1.89. The number of carbonyl (C=O) groups is 1. The van der Waals surface area contributed by atoms with Gasteiger partial charge in [-0.3, -0.25) is 0 Å². The molecule has 132 valence electrons. The van der Waals surface area contributed by atoms with Gasteiger partial charge in [-0.25, -0.2) is 4.79 Å². The molecule has 0 radical (unpaired) electrons. The molecule has 26 heavy (non-hydrogen) atoms. The average molecular weight is 345 g/mol. The Hall–Kier alpha value is -2.81. The molecule has 0 aliphatic rings. The summed E-state index contributed by atoms with van der Waals surface area (Å²) in [6, 6.07) is 16.6. The normalized spacial score (nSPS) is 11.5. The minimum absolute atomic E-state index is 0.238. The lowest BCUT2D eigenvalue weighted by molar-refractivity contribution is 0.0502. The van der Waals surface area contributed by atoms with Gasteiger partial charge in [-0.2, -0.15) is 0 Å². The van der Waals surface area contributed by atoms with E-state index in [-0.39, 0.29) is 5.97 Å². The van der Waals surface area contributed by atoms with E-state index in [4.69, 9.17) is 4.74 Å². The number of fused-ring (bicyclic) bond motifs is 5. The second-order valence-electron chi connectivity index (χ2n) is 6.89. The van der Waals surface area contributed by atoms with Crippen molar-refractivity contribution >= 4 is 38.5 Å². The Balaban J connectivity index is 2.09. The summed E-state index contributed by atoms with van der Waals surface area (Å²) < 4.78 is 7.70. The van der Waals surface area contributed by atoms with Gasteiger partial charge < -0.3 is 9.30 Å². The fraction of sp³-hybridized carbons (Fsp3) is 0.261. The van der Waals surface area contributed by atoms with E-state index in [0.717, 1.165) is 29.1 Å². The van der Waals surface area contributed by atoms with E-state index in [1.54, 1.807) is 0 Å². The highest BCUT2D eigenvalue weighted by Gasteiger charge is 2.20. The van der Waals surface area contributed by atoms with Crippen molar-refractivity contribution in [2.75, 3.05) is 6.61 Å². The summed E-state index contributed by atoms with van der Waals surface area (Å²) >= 11 is 0. The second kappa shape index (κ2) is 6.49. The summed E-state index contributed by atoms with van der Waals surface area (Å²) in [4.78, 5) is 12.9. The van der Waals surface area contributed by atoms with E-state index < -0.39 is 0 Å². The Morgan fingerprint density at radius 3 is 2.62 bits per heavy atom. The molecule has 0 unspecified atom stereocenters. The first-order valence-electron chi connectivity index (χ1n) is 9.20. The maximum atomic E-state index is 12.9. The van der Waals surface area contributed by atoms with Crippen LogP contribution in [0.25, 0.3) is 32.6 Å². The van der Waals surface area contributed by atoms with Crippen LogP contribution in [-0.4, -0.2) is 17.1 Å². The van der Waals surface area contributed by atoms with Crippen molar-refractivity contribution in [3.8, 4) is 0 Å². The average Bonchev–Trinajstić information content (AvgIpc) is 2.96. The van der Waals surface area contributed by atoms with Crippen molar-refractivity contribution in [2.24, 2.45) is 7.05 Å². The van der Waals surface area contributed by atoms with Crippen molar-refractivity contribution in [3.63, 3.8) is 0 Å². The van der Waals surface area contributed by atoms with Gasteiger partial charge >= 0.3 is 5.97 Å². The Labute approximate surface area is 153 Å². The van der Waals surface area contributed by atoms with Gasteiger partial charge in [0.1, 0.15) is 0 Å². The third kappa shape index (κ3) is 2.47. The third-order valence-electron chi connectivity index (χ3n) is 5.15. The molecule has 0 atom stereocenters. The highest BCUT2D eigenvalue weighted by Crippen LogP contribution is 2.37. The molecule has 0 N–H and O–H groups in total. The quantitative estimate of drug-likeness (QED) is 0.348. The number of hydrogen-bond donors (Lipinski definition) is 0. The summed E-state index contributed by atoms with van der Waals surface area (Å²) in [7, 11) is 2.04. The molecule has 0 saturated heterocycles. The molecule has 4 aromatic rings. The van der Waals surface area contributed by atoms with Crippen LogP contribution in [-0.2, 0) is 11.8 Å². The monoisotopic (exact) mass is 345 g/mol. The van der Waals surface area contributed by atoms with Gasteiger partial charge in [-0.15, -0.1) is 0 Å². The van der Waals surface area contributed by atoms with E-state index in [1.807, 2.05) is 19.2 Å². The van der Waals surface area contributed by atoms with Crippen molar-refractivity contribution in [3.05, 3.63) is 59.7 Å². The smallest absolute Gasteiger partial charge is 0.340 e. The van der Waals surface area contributed by atoms with Crippen LogP contribution in [0.15, 0.2) is 48.5 Å². The first-order valence-corrected chi connectivity index (χ1v) is 9.20. The Bertz CT molecular complexity index is 1140. The number of benzene rings is 3. The number of carbonyl (C=O) groups excluding carboxylic acids is 1. The minimum atomic E-state index is -0.238. The number of rotatable bonds is 4. The topological polar surface area (TPSA) is 31.2 Å². The van der Waals surface area contributed by atoms with Crippen molar-refractivity contribution in [2.45, 2.75) is 26.7 Å². The van der Waals surface area contributed by atoms with Crippen molar-refractivity contribution in [1.29, 1.82) is 0 Å². The lowest BCUT2D eigenvalue weighted by Crippen LogP contribution is -2.08. The van der Waals surface area contributed by atoms with Gasteiger partial charge in [0.15, 0.2) is 0 Å². The van der Waals surface area contributed by atoms with E-state index in [9.17, 15) is 4.79 Å². The van der Waals surface area contributed by atoms with E-state index in [0.29, 0.717) is 12.2 Å². The van der Waals surface area contributed by atoms with Gasteiger partial charge in [0.2, 0.25) is 0 Å². The predicted octanol–water partition coefficient (Wildman–Crippen LogP) is 5.75. The van der Waals surface area contributed by atoms with Crippen LogP contribution in [0.1, 0.15) is 35.7 Å². The Morgan fingerprint density at radius 2 is 1.81 bits per heavy atom. The Kier molecular flexibility index (Phi) is 4.15. The van der Waals surface area contributed by atoms with E-state index in [1.165, 1.54) is 21.9 Å². The molecule has 0 saturated carbocycles. The molecular formula is C23H23NO2. The second-order valence-corrected chi connectivity index (χ2v) is 6.89. The maximum absolute atomic E-state index is 12.9. The first-order chi connectivity index (χ1) is 12.6. The molecule has 4 rings (SSSR count). The highest BCUT2D eigenvalue weighted by molar-refractivity contribution is 6.25. The summed E-state index contributed by atoms with van der Waals surface area (Å²) in [6.45, 7) is 4.67. The lowest BCUT2D eigenvalue weighted by Gasteiger charge is -2.10. The zero-order valence-electron chi connectivity index (χ0n) is 15.5. The molecule has 0 aliphatic carbocycles. The van der Waals surface area contributed by atoms with Crippen LogP contribution in [0.3, 0.4) is 0 Å². The van der Waals surface area contributed by atoms with Crippen LogP contribution in [0, 0.1) is 6.92 Å². The minimum Gasteiger partial charge on any atom is -0.462 e. The van der Waals surface area contributed by atoms with Gasteiger partial charge in [0.25, 0.3) is 0 Å². The molecule has 0 fully saturated rings. The number of esters is 1. The van der Waals surface area contributed by atoms with Crippen LogP contribution in [0.2, 0.25) is 0 Å². The number of aryl methyl sites for hydroxylation is 2. The Morgan fingerprint density at radius 1 is 1.04 bits per heavy atom. The molecule has 3 nitrogen and oxygen atoms in total. The summed E-state index contributed by atoms with van der Waals surface area (Å²) in [5.41, 5.74) is 3.97. The largest absolute Gasteiger partial charge is 0.462 e. The molecular weight excluding hydrogens is 322 g/mol. The highest BCUT2D eigenvalue weighted by atomic mass is 16.5. The zero-order valence-corrected chi connectivity index (χ0v) is 15.5. The standard InChI is InChI=1S/C23H23NO2/c1-4-5-13-26-23(25)19-14-16-10-6-7-11-17(16)20-18-12-8-9-15(2)21(18)24(3)22(19)20/h6-12,14H,4-5,13H2,1-3H3. The molecule has 1 aromatic heterocycles. The fourth-order valence-electron chi connectivity index (χ4n) is 3.92. The van der Waals surface area contributed by atoms with Gasteiger partial charge in [0, 0.05) is 17.8 Å². The molecule has 0 spiro atoms. The van der Waals surface area contributed by atoms with E-state index >= 15 is 0 Å². The van der Waals surface area contributed by atoms with Gasteiger partial charge in [-0.1, -0.05) is 55.8 Å². The lowest BCUT2D eigenvalue weighted by atomic mass is 9.99. The number of para-hydroxylation sites is 1. The first kappa shape index (κ1) is 16.6. The van der Waals surface area contributed by atoms with Crippen molar-refractivity contribution in [1.82, 2.24) is 4.57 Å². The number of hydrogen-bond acceptors (Lipinski definition) is 2. The van der Waals surface area contributed by atoms with Gasteiger partial charge in [-0.05, 0) is 35.7 Å². The number of aromatic nitrogens is 1. The maximum Gasteiger partial charge on any atom is 0.340 e. The van der Waals surface area contributed by atoms with Crippen LogP contribution in [0.5, 0.6) is 0 Å². The summed E-state index contributed by atoms with van der Waals surface area (Å²) in [5.74, 6) is -0.238. The number of ether oxygens (including phenoxy) is 1. The van der Waals surface area contributed by atoms with Crippen LogP contribution in [0.4, 0.5) is 0 Å². The molecule has 3 heteroatoms. The fourth-order valence-corrected chi connectivity index (χ4v) is 3.92. The number of nitrogens with zero attached hydrogens (tertiary/aromatic N) is 1. The van der Waals surface area contributed by atoms with Crippen LogP contribution < -0.4 is 0 Å². The number of unbranched alkanes of at least 4 members (excludes halogenated alkanes) is 1. The predicted molar refractivity (Wildman–Crippen MR) is 108 cm³/mol. The van der Waals surface area contributed by atoms with Gasteiger partial charge in [0.05, 0.1) is 23.2 Å². The zero-order chi connectivity index (χ0) is 18.3. The summed E-state index contributed by atoms with van der Waals surface area (Å²) in [5, 5.41) is 4.55. The third-order valence-corrected chi connectivity index (χ3v) is 5.15. The molecule has 1 heterocycles.